The standard InChI is InChI=1S/C21H31N5O2.HI/c1-5-18-17(19(6-2)28-26-18)14-25-21(22-7-3)24-12-11-23-20(27)16-10-8-9-15(4)13-16;/h8-10,13H,5-7,11-12,14H2,1-4H3,(H,23,27)(H2,22,24,25);1H. The van der Waals surface area contributed by atoms with E-state index in [0.717, 1.165) is 42.0 Å². The summed E-state index contributed by atoms with van der Waals surface area (Å²) in [7, 11) is 0. The van der Waals surface area contributed by atoms with Gasteiger partial charge in [0.1, 0.15) is 5.76 Å². The molecule has 0 aliphatic carbocycles. The molecular weight excluding hydrogens is 481 g/mol. The number of aliphatic imine (C=N–C) groups is 1. The van der Waals surface area contributed by atoms with Crippen LogP contribution in [0.25, 0.3) is 0 Å². The van der Waals surface area contributed by atoms with Crippen LogP contribution in [0.4, 0.5) is 0 Å². The Hall–Kier alpha value is -2.10. The Morgan fingerprint density at radius 3 is 2.52 bits per heavy atom. The first-order valence-corrected chi connectivity index (χ1v) is 9.92. The van der Waals surface area contributed by atoms with Crippen molar-refractivity contribution in [1.29, 1.82) is 0 Å². The van der Waals surface area contributed by atoms with Crippen LogP contribution in [0, 0.1) is 6.92 Å². The SMILES string of the molecule is CCNC(=NCc1c(CC)noc1CC)NCCNC(=O)c1cccc(C)c1.I. The fraction of sp³-hybridized carbons (Fsp3) is 0.476. The summed E-state index contributed by atoms with van der Waals surface area (Å²) in [6.07, 6.45) is 1.62. The first-order valence-electron chi connectivity index (χ1n) is 9.92. The molecule has 29 heavy (non-hydrogen) atoms. The van der Waals surface area contributed by atoms with E-state index in [1.54, 1.807) is 0 Å². The number of nitrogens with zero attached hydrogens (tertiary/aromatic N) is 2. The van der Waals surface area contributed by atoms with E-state index in [9.17, 15) is 4.79 Å². The monoisotopic (exact) mass is 513 g/mol. The predicted molar refractivity (Wildman–Crippen MR) is 127 cm³/mol. The molecule has 0 saturated heterocycles. The number of aromatic nitrogens is 1. The Bertz CT molecular complexity index is 783. The van der Waals surface area contributed by atoms with Crippen molar-refractivity contribution in [3.8, 4) is 0 Å². The molecule has 1 heterocycles. The van der Waals surface area contributed by atoms with Crippen LogP contribution in [0.1, 0.15) is 53.7 Å². The number of carbonyl (C=O) groups is 1. The molecule has 2 aromatic rings. The Kier molecular flexibility index (Phi) is 11.3. The summed E-state index contributed by atoms with van der Waals surface area (Å²) in [6, 6.07) is 7.56. The molecule has 0 saturated carbocycles. The van der Waals surface area contributed by atoms with Crippen LogP contribution in [0.5, 0.6) is 0 Å². The molecule has 8 heteroatoms. The zero-order valence-electron chi connectivity index (χ0n) is 17.7. The van der Waals surface area contributed by atoms with Crippen LogP contribution < -0.4 is 16.0 Å². The van der Waals surface area contributed by atoms with Crippen molar-refractivity contribution < 1.29 is 9.32 Å². The van der Waals surface area contributed by atoms with Gasteiger partial charge in [-0.25, -0.2) is 4.99 Å². The Balaban J connectivity index is 0.00000420. The van der Waals surface area contributed by atoms with Crippen LogP contribution in [-0.2, 0) is 19.4 Å². The molecule has 0 radical (unpaired) electrons. The van der Waals surface area contributed by atoms with Gasteiger partial charge in [-0.1, -0.05) is 36.7 Å². The number of amides is 1. The average Bonchev–Trinajstić information content (AvgIpc) is 3.11. The third-order valence-corrected chi connectivity index (χ3v) is 4.33. The average molecular weight is 513 g/mol. The van der Waals surface area contributed by atoms with Crippen molar-refractivity contribution in [2.45, 2.75) is 47.1 Å². The molecule has 1 aromatic carbocycles. The van der Waals surface area contributed by atoms with Crippen molar-refractivity contribution in [1.82, 2.24) is 21.1 Å². The van der Waals surface area contributed by atoms with Crippen LogP contribution in [0.2, 0.25) is 0 Å². The van der Waals surface area contributed by atoms with Gasteiger partial charge in [0.2, 0.25) is 0 Å². The van der Waals surface area contributed by atoms with Crippen LogP contribution >= 0.6 is 24.0 Å². The lowest BCUT2D eigenvalue weighted by atomic mass is 10.1. The maximum atomic E-state index is 12.2. The van der Waals surface area contributed by atoms with Crippen LogP contribution in [-0.4, -0.2) is 36.7 Å². The fourth-order valence-electron chi connectivity index (χ4n) is 2.86. The van der Waals surface area contributed by atoms with Gasteiger partial charge in [0.15, 0.2) is 5.96 Å². The minimum absolute atomic E-state index is 0. The summed E-state index contributed by atoms with van der Waals surface area (Å²) in [5.41, 5.74) is 3.77. The van der Waals surface area contributed by atoms with Crippen LogP contribution in [0.15, 0.2) is 33.8 Å². The van der Waals surface area contributed by atoms with Gasteiger partial charge in [0.05, 0.1) is 12.2 Å². The smallest absolute Gasteiger partial charge is 0.251 e. The molecule has 0 fully saturated rings. The van der Waals surface area contributed by atoms with Gasteiger partial charge in [-0.2, -0.15) is 0 Å². The lowest BCUT2D eigenvalue weighted by Gasteiger charge is -2.12. The zero-order valence-corrected chi connectivity index (χ0v) is 20.0. The van der Waals surface area contributed by atoms with Gasteiger partial charge >= 0.3 is 0 Å². The van der Waals surface area contributed by atoms with E-state index in [0.29, 0.717) is 31.2 Å². The summed E-state index contributed by atoms with van der Waals surface area (Å²) >= 11 is 0. The molecule has 1 amide bonds. The van der Waals surface area contributed by atoms with Crippen LogP contribution in [0.3, 0.4) is 0 Å². The number of hydrogen-bond donors (Lipinski definition) is 3. The fourth-order valence-corrected chi connectivity index (χ4v) is 2.86. The Labute approximate surface area is 190 Å². The number of guanidine groups is 1. The minimum Gasteiger partial charge on any atom is -0.361 e. The Morgan fingerprint density at radius 2 is 1.86 bits per heavy atom. The van der Waals surface area contributed by atoms with E-state index in [4.69, 9.17) is 4.52 Å². The first kappa shape index (κ1) is 24.9. The second-order valence-electron chi connectivity index (χ2n) is 6.49. The van der Waals surface area contributed by atoms with Crippen molar-refractivity contribution in [2.75, 3.05) is 19.6 Å². The van der Waals surface area contributed by atoms with E-state index in [1.807, 2.05) is 45.0 Å². The zero-order chi connectivity index (χ0) is 20.4. The van der Waals surface area contributed by atoms with Crippen molar-refractivity contribution in [3.63, 3.8) is 0 Å². The number of benzene rings is 1. The number of carbonyl (C=O) groups excluding carboxylic acids is 1. The van der Waals surface area contributed by atoms with Crippen molar-refractivity contribution >= 4 is 35.8 Å². The quantitative estimate of drug-likeness (QED) is 0.207. The molecule has 0 atom stereocenters. The highest BCUT2D eigenvalue weighted by molar-refractivity contribution is 14.0. The molecule has 160 valence electrons. The molecule has 0 unspecified atom stereocenters. The van der Waals surface area contributed by atoms with Gasteiger partial charge in [0, 0.05) is 37.2 Å². The normalized spacial score (nSPS) is 11.0. The maximum Gasteiger partial charge on any atom is 0.251 e. The first-order chi connectivity index (χ1) is 13.6. The topological polar surface area (TPSA) is 91.6 Å². The third-order valence-electron chi connectivity index (χ3n) is 4.33. The van der Waals surface area contributed by atoms with E-state index in [-0.39, 0.29) is 29.9 Å². The molecule has 0 spiro atoms. The molecule has 2 rings (SSSR count). The molecule has 0 aliphatic rings. The van der Waals surface area contributed by atoms with E-state index < -0.39 is 0 Å². The van der Waals surface area contributed by atoms with Crippen molar-refractivity contribution in [3.05, 3.63) is 52.4 Å². The van der Waals surface area contributed by atoms with Gasteiger partial charge in [-0.3, -0.25) is 4.79 Å². The summed E-state index contributed by atoms with van der Waals surface area (Å²) in [5, 5.41) is 13.5. The van der Waals surface area contributed by atoms with Crippen molar-refractivity contribution in [2.24, 2.45) is 4.99 Å². The Morgan fingerprint density at radius 1 is 1.10 bits per heavy atom. The molecule has 1 aromatic heterocycles. The van der Waals surface area contributed by atoms with Gasteiger partial charge < -0.3 is 20.5 Å². The summed E-state index contributed by atoms with van der Waals surface area (Å²) < 4.78 is 5.40. The van der Waals surface area contributed by atoms with Gasteiger partial charge in [-0.05, 0) is 32.4 Å². The number of nitrogens with one attached hydrogen (secondary N) is 3. The second-order valence-corrected chi connectivity index (χ2v) is 6.49. The second kappa shape index (κ2) is 13.2. The van der Waals surface area contributed by atoms with Gasteiger partial charge in [-0.15, -0.1) is 24.0 Å². The summed E-state index contributed by atoms with van der Waals surface area (Å²) in [6.45, 7) is 10.5. The number of aryl methyl sites for hydroxylation is 3. The van der Waals surface area contributed by atoms with E-state index in [1.165, 1.54) is 0 Å². The number of halogens is 1. The predicted octanol–water partition coefficient (Wildman–Crippen LogP) is 3.21. The van der Waals surface area contributed by atoms with E-state index >= 15 is 0 Å². The molecule has 0 aliphatic heterocycles. The lowest BCUT2D eigenvalue weighted by molar-refractivity contribution is 0.0954. The largest absolute Gasteiger partial charge is 0.361 e. The summed E-state index contributed by atoms with van der Waals surface area (Å²) in [4.78, 5) is 16.8. The lowest BCUT2D eigenvalue weighted by Crippen LogP contribution is -2.41. The van der Waals surface area contributed by atoms with Gasteiger partial charge in [0.25, 0.3) is 5.91 Å². The van der Waals surface area contributed by atoms with E-state index in [2.05, 4.69) is 33.0 Å². The molecule has 0 bridgehead atoms. The minimum atomic E-state index is -0.0721. The number of rotatable bonds is 9. The maximum absolute atomic E-state index is 12.2. The third kappa shape index (κ3) is 7.68. The highest BCUT2D eigenvalue weighted by Crippen LogP contribution is 2.16. The number of hydrogen-bond acceptors (Lipinski definition) is 4. The molecule has 7 nitrogen and oxygen atoms in total. The summed E-state index contributed by atoms with van der Waals surface area (Å²) in [5.74, 6) is 1.52. The molecule has 3 N–H and O–H groups in total. The molecular formula is C21H32IN5O2. The highest BCUT2D eigenvalue weighted by Gasteiger charge is 2.13. The highest BCUT2D eigenvalue weighted by atomic mass is 127.